The van der Waals surface area contributed by atoms with Crippen molar-refractivity contribution < 1.29 is 22.3 Å². The Kier molecular flexibility index (Phi) is 5.87. The van der Waals surface area contributed by atoms with E-state index in [1.54, 1.807) is 18.2 Å². The van der Waals surface area contributed by atoms with E-state index in [1.807, 2.05) is 12.1 Å². The lowest BCUT2D eigenvalue weighted by atomic mass is 10.1. The Morgan fingerprint density at radius 1 is 1.03 bits per heavy atom. The minimum Gasteiger partial charge on any atom is -0.489 e. The molecule has 0 bridgehead atoms. The number of nitrogens with zero attached hydrogens (tertiary/aromatic N) is 1. The van der Waals surface area contributed by atoms with Gasteiger partial charge in [-0.15, -0.1) is 0 Å². The molecule has 0 unspecified atom stereocenters. The summed E-state index contributed by atoms with van der Waals surface area (Å²) >= 11 is 0. The molecule has 1 aliphatic heterocycles. The summed E-state index contributed by atoms with van der Waals surface area (Å²) in [7, 11) is -3.72. The number of rotatable bonds is 6. The van der Waals surface area contributed by atoms with Crippen molar-refractivity contribution in [1.82, 2.24) is 4.90 Å². The highest BCUT2D eigenvalue weighted by atomic mass is 32.2. The second kappa shape index (κ2) is 8.57. The molecule has 30 heavy (non-hydrogen) atoms. The van der Waals surface area contributed by atoms with Crippen molar-refractivity contribution in [3.8, 4) is 5.75 Å². The van der Waals surface area contributed by atoms with Gasteiger partial charge in [-0.1, -0.05) is 12.1 Å². The Bertz CT molecular complexity index is 1200. The van der Waals surface area contributed by atoms with Crippen molar-refractivity contribution in [3.63, 3.8) is 0 Å². The number of ether oxygens (including phenoxy) is 2. The third kappa shape index (κ3) is 4.88. The van der Waals surface area contributed by atoms with Crippen LogP contribution in [-0.2, 0) is 27.9 Å². The summed E-state index contributed by atoms with van der Waals surface area (Å²) in [6, 6.07) is 13.1. The SMILES string of the molecule is NS(=O)(=O)c1ccc(COc2ccc3c(CN4CCOCC4)cc(=O)oc3c2)cc1. The Morgan fingerprint density at radius 2 is 1.77 bits per heavy atom. The average molecular weight is 430 g/mol. The van der Waals surface area contributed by atoms with Gasteiger partial charge in [0.15, 0.2) is 0 Å². The van der Waals surface area contributed by atoms with Crippen LogP contribution in [0, 0.1) is 0 Å². The van der Waals surface area contributed by atoms with Gasteiger partial charge in [0.25, 0.3) is 0 Å². The van der Waals surface area contributed by atoms with E-state index in [0.717, 1.165) is 29.6 Å². The number of fused-ring (bicyclic) bond motifs is 1. The van der Waals surface area contributed by atoms with Crippen molar-refractivity contribution >= 4 is 21.0 Å². The quantitative estimate of drug-likeness (QED) is 0.594. The van der Waals surface area contributed by atoms with E-state index in [4.69, 9.17) is 19.0 Å². The van der Waals surface area contributed by atoms with Crippen LogP contribution >= 0.6 is 0 Å². The lowest BCUT2D eigenvalue weighted by Crippen LogP contribution is -2.35. The maximum absolute atomic E-state index is 12.0. The summed E-state index contributed by atoms with van der Waals surface area (Å²) < 4.78 is 39.2. The van der Waals surface area contributed by atoms with Gasteiger partial charge in [0, 0.05) is 37.2 Å². The van der Waals surface area contributed by atoms with Gasteiger partial charge in [0.1, 0.15) is 17.9 Å². The van der Waals surface area contributed by atoms with E-state index >= 15 is 0 Å². The first kappa shape index (κ1) is 20.5. The minimum absolute atomic E-state index is 0.0477. The number of morpholine rings is 1. The summed E-state index contributed by atoms with van der Waals surface area (Å²) in [5.74, 6) is 0.546. The summed E-state index contributed by atoms with van der Waals surface area (Å²) in [5, 5.41) is 5.97. The van der Waals surface area contributed by atoms with Crippen LogP contribution in [0.4, 0.5) is 0 Å². The molecule has 1 aliphatic rings. The van der Waals surface area contributed by atoms with E-state index in [0.29, 0.717) is 31.1 Å². The lowest BCUT2D eigenvalue weighted by molar-refractivity contribution is 0.0343. The number of primary sulfonamides is 1. The average Bonchev–Trinajstić information content (AvgIpc) is 2.72. The molecule has 2 aromatic carbocycles. The molecule has 0 saturated carbocycles. The van der Waals surface area contributed by atoms with Crippen LogP contribution in [-0.4, -0.2) is 39.6 Å². The zero-order chi connectivity index (χ0) is 21.1. The summed E-state index contributed by atoms with van der Waals surface area (Å²) in [4.78, 5) is 14.3. The summed E-state index contributed by atoms with van der Waals surface area (Å²) in [6.07, 6.45) is 0. The van der Waals surface area contributed by atoms with Crippen LogP contribution in [0.5, 0.6) is 5.75 Å². The molecule has 4 rings (SSSR count). The number of sulfonamides is 1. The molecule has 2 heterocycles. The molecule has 0 aliphatic carbocycles. The predicted molar refractivity (Wildman–Crippen MR) is 111 cm³/mol. The molecule has 8 nitrogen and oxygen atoms in total. The molecule has 0 radical (unpaired) electrons. The Morgan fingerprint density at radius 3 is 2.47 bits per heavy atom. The third-order valence-electron chi connectivity index (χ3n) is 4.96. The molecule has 3 aromatic rings. The first-order chi connectivity index (χ1) is 14.4. The van der Waals surface area contributed by atoms with Gasteiger partial charge in [-0.05, 0) is 35.4 Å². The highest BCUT2D eigenvalue weighted by molar-refractivity contribution is 7.89. The number of nitrogens with two attached hydrogens (primary N) is 1. The zero-order valence-electron chi connectivity index (χ0n) is 16.2. The smallest absolute Gasteiger partial charge is 0.336 e. The van der Waals surface area contributed by atoms with E-state index < -0.39 is 15.6 Å². The molecular formula is C21H22N2O6S. The zero-order valence-corrected chi connectivity index (χ0v) is 17.1. The van der Waals surface area contributed by atoms with Crippen LogP contribution in [0.2, 0.25) is 0 Å². The third-order valence-corrected chi connectivity index (χ3v) is 5.89. The van der Waals surface area contributed by atoms with Gasteiger partial charge in [0.05, 0.1) is 18.1 Å². The monoisotopic (exact) mass is 430 g/mol. The molecule has 1 fully saturated rings. The van der Waals surface area contributed by atoms with Crippen LogP contribution in [0.1, 0.15) is 11.1 Å². The van der Waals surface area contributed by atoms with Crippen molar-refractivity contribution in [1.29, 1.82) is 0 Å². The van der Waals surface area contributed by atoms with Crippen molar-refractivity contribution in [3.05, 3.63) is 70.1 Å². The molecule has 0 spiro atoms. The number of hydrogen-bond acceptors (Lipinski definition) is 7. The van der Waals surface area contributed by atoms with Crippen molar-refractivity contribution in [2.24, 2.45) is 5.14 Å². The fraction of sp³-hybridized carbons (Fsp3) is 0.286. The highest BCUT2D eigenvalue weighted by Crippen LogP contribution is 2.24. The van der Waals surface area contributed by atoms with Crippen LogP contribution in [0.25, 0.3) is 11.0 Å². The molecular weight excluding hydrogens is 408 g/mol. The van der Waals surface area contributed by atoms with Gasteiger partial charge >= 0.3 is 5.63 Å². The van der Waals surface area contributed by atoms with Gasteiger partial charge in [-0.3, -0.25) is 4.90 Å². The second-order valence-electron chi connectivity index (χ2n) is 7.11. The van der Waals surface area contributed by atoms with Crippen molar-refractivity contribution in [2.75, 3.05) is 26.3 Å². The first-order valence-corrected chi connectivity index (χ1v) is 11.0. The largest absolute Gasteiger partial charge is 0.489 e. The molecule has 0 amide bonds. The summed E-state index contributed by atoms with van der Waals surface area (Å²) in [6.45, 7) is 3.92. The molecule has 1 saturated heterocycles. The molecule has 9 heteroatoms. The van der Waals surface area contributed by atoms with E-state index in [-0.39, 0.29) is 11.5 Å². The number of hydrogen-bond donors (Lipinski definition) is 1. The standard InChI is InChI=1S/C21H22N2O6S/c22-30(25,26)18-4-1-15(2-5-18)14-28-17-3-6-19-16(11-21(24)29-20(19)12-17)13-23-7-9-27-10-8-23/h1-6,11-12H,7-10,13-14H2,(H2,22,25,26). The fourth-order valence-corrected chi connectivity index (χ4v) is 3.89. The topological polar surface area (TPSA) is 112 Å². The Hall–Kier alpha value is -2.72. The van der Waals surface area contributed by atoms with Crippen molar-refractivity contribution in [2.45, 2.75) is 18.0 Å². The highest BCUT2D eigenvalue weighted by Gasteiger charge is 2.14. The van der Waals surface area contributed by atoms with Gasteiger partial charge < -0.3 is 13.9 Å². The normalized spacial score (nSPS) is 15.4. The van der Waals surface area contributed by atoms with Gasteiger partial charge in [-0.25, -0.2) is 18.4 Å². The lowest BCUT2D eigenvalue weighted by Gasteiger charge is -2.26. The number of benzene rings is 2. The second-order valence-corrected chi connectivity index (χ2v) is 8.68. The minimum atomic E-state index is -3.72. The maximum atomic E-state index is 12.0. The molecule has 0 atom stereocenters. The Balaban J connectivity index is 1.51. The van der Waals surface area contributed by atoms with E-state index in [1.165, 1.54) is 18.2 Å². The van der Waals surface area contributed by atoms with Crippen LogP contribution < -0.4 is 15.5 Å². The predicted octanol–water partition coefficient (Wildman–Crippen LogP) is 1.85. The molecule has 2 N–H and O–H groups in total. The fourth-order valence-electron chi connectivity index (χ4n) is 3.37. The first-order valence-electron chi connectivity index (χ1n) is 9.50. The molecule has 158 valence electrons. The van der Waals surface area contributed by atoms with E-state index in [9.17, 15) is 13.2 Å². The summed E-state index contributed by atoms with van der Waals surface area (Å²) in [5.41, 5.74) is 1.76. The van der Waals surface area contributed by atoms with E-state index in [2.05, 4.69) is 4.90 Å². The van der Waals surface area contributed by atoms with Crippen LogP contribution in [0.15, 0.2) is 62.6 Å². The maximum Gasteiger partial charge on any atom is 0.336 e. The Labute approximate surface area is 173 Å². The van der Waals surface area contributed by atoms with Gasteiger partial charge in [-0.2, -0.15) is 0 Å². The van der Waals surface area contributed by atoms with Gasteiger partial charge in [0.2, 0.25) is 10.0 Å². The van der Waals surface area contributed by atoms with Crippen LogP contribution in [0.3, 0.4) is 0 Å². The molecule has 1 aromatic heterocycles.